The molecule has 1 N–H and O–H groups in total. The van der Waals surface area contributed by atoms with Crippen LogP contribution >= 0.6 is 0 Å². The van der Waals surface area contributed by atoms with E-state index in [9.17, 15) is 9.59 Å². The molecule has 2 rings (SSSR count). The van der Waals surface area contributed by atoms with Crippen LogP contribution in [0.1, 0.15) is 20.8 Å². The van der Waals surface area contributed by atoms with Gasteiger partial charge in [0, 0.05) is 37.9 Å². The van der Waals surface area contributed by atoms with Gasteiger partial charge in [0.2, 0.25) is 5.91 Å². The van der Waals surface area contributed by atoms with Crippen LogP contribution in [0.5, 0.6) is 0 Å². The largest absolute Gasteiger partial charge is 0.373 e. The van der Waals surface area contributed by atoms with E-state index in [0.717, 1.165) is 13.1 Å². The van der Waals surface area contributed by atoms with Crippen molar-refractivity contribution in [2.75, 3.05) is 19.6 Å². The van der Waals surface area contributed by atoms with Crippen molar-refractivity contribution in [3.8, 4) is 0 Å². The standard InChI is InChI=1S/C16H25N3O3/c1-12(19-9-13(2)22-14(3)10-19)8-17-15(20)11-18-7-5-4-6-16(18)21/h4-7,12-14H,8-11H2,1-3H3,(H,17,20)/t12-,13-,14-/m1/s1. The second kappa shape index (κ2) is 7.56. The second-order valence-corrected chi connectivity index (χ2v) is 6.03. The zero-order valence-electron chi connectivity index (χ0n) is 13.5. The number of nitrogens with one attached hydrogen (secondary N) is 1. The van der Waals surface area contributed by atoms with Crippen LogP contribution in [0.25, 0.3) is 0 Å². The molecule has 0 saturated carbocycles. The predicted octanol–water partition coefficient (Wildman–Crippen LogP) is 0.462. The smallest absolute Gasteiger partial charge is 0.250 e. The third-order valence-electron chi connectivity index (χ3n) is 3.88. The summed E-state index contributed by atoms with van der Waals surface area (Å²) in [6, 6.07) is 5.10. The molecule has 0 bridgehead atoms. The minimum absolute atomic E-state index is 0.0578. The van der Waals surface area contributed by atoms with Gasteiger partial charge in [-0.1, -0.05) is 6.07 Å². The maximum Gasteiger partial charge on any atom is 0.250 e. The summed E-state index contributed by atoms with van der Waals surface area (Å²) >= 11 is 0. The van der Waals surface area contributed by atoms with Gasteiger partial charge in [0.05, 0.1) is 12.2 Å². The first-order valence-electron chi connectivity index (χ1n) is 7.77. The molecule has 3 atom stereocenters. The molecule has 122 valence electrons. The average Bonchev–Trinajstić information content (AvgIpc) is 2.46. The molecule has 1 aliphatic heterocycles. The minimum Gasteiger partial charge on any atom is -0.373 e. The van der Waals surface area contributed by atoms with E-state index in [4.69, 9.17) is 4.74 Å². The highest BCUT2D eigenvalue weighted by Gasteiger charge is 2.25. The molecule has 0 aliphatic carbocycles. The van der Waals surface area contributed by atoms with E-state index in [2.05, 4.69) is 31.0 Å². The van der Waals surface area contributed by atoms with Gasteiger partial charge in [-0.05, 0) is 26.8 Å². The number of aromatic nitrogens is 1. The van der Waals surface area contributed by atoms with E-state index in [1.165, 1.54) is 10.6 Å². The van der Waals surface area contributed by atoms with Crippen LogP contribution in [0.15, 0.2) is 29.2 Å². The third-order valence-corrected chi connectivity index (χ3v) is 3.88. The van der Waals surface area contributed by atoms with Crippen molar-refractivity contribution in [3.63, 3.8) is 0 Å². The topological polar surface area (TPSA) is 63.6 Å². The van der Waals surface area contributed by atoms with Gasteiger partial charge in [-0.15, -0.1) is 0 Å². The molecule has 1 saturated heterocycles. The molecular weight excluding hydrogens is 282 g/mol. The maximum atomic E-state index is 12.0. The van der Waals surface area contributed by atoms with E-state index in [1.807, 2.05) is 0 Å². The number of nitrogens with zero attached hydrogens (tertiary/aromatic N) is 2. The Kier molecular flexibility index (Phi) is 5.74. The van der Waals surface area contributed by atoms with Crippen LogP contribution in [-0.4, -0.2) is 53.3 Å². The van der Waals surface area contributed by atoms with Crippen molar-refractivity contribution >= 4 is 5.91 Å². The Balaban J connectivity index is 1.80. The van der Waals surface area contributed by atoms with Crippen LogP contribution in [0.3, 0.4) is 0 Å². The number of carbonyl (C=O) groups is 1. The lowest BCUT2D eigenvalue weighted by Crippen LogP contribution is -2.52. The fourth-order valence-electron chi connectivity index (χ4n) is 2.77. The number of pyridine rings is 1. The molecule has 1 aromatic rings. The van der Waals surface area contributed by atoms with E-state index < -0.39 is 0 Å². The normalized spacial score (nSPS) is 24.0. The van der Waals surface area contributed by atoms with Crippen molar-refractivity contribution in [1.29, 1.82) is 0 Å². The number of amides is 1. The van der Waals surface area contributed by atoms with E-state index >= 15 is 0 Å². The predicted molar refractivity (Wildman–Crippen MR) is 84.8 cm³/mol. The van der Waals surface area contributed by atoms with Gasteiger partial charge >= 0.3 is 0 Å². The van der Waals surface area contributed by atoms with Crippen LogP contribution in [-0.2, 0) is 16.1 Å². The lowest BCUT2D eigenvalue weighted by atomic mass is 10.1. The monoisotopic (exact) mass is 307 g/mol. The molecule has 0 spiro atoms. The van der Waals surface area contributed by atoms with E-state index in [1.54, 1.807) is 18.3 Å². The fraction of sp³-hybridized carbons (Fsp3) is 0.625. The van der Waals surface area contributed by atoms with Gasteiger partial charge in [-0.2, -0.15) is 0 Å². The number of ether oxygens (including phenoxy) is 1. The van der Waals surface area contributed by atoms with Crippen LogP contribution < -0.4 is 10.9 Å². The fourth-order valence-corrected chi connectivity index (χ4v) is 2.77. The summed E-state index contributed by atoms with van der Waals surface area (Å²) in [6.45, 7) is 8.60. The number of hydrogen-bond donors (Lipinski definition) is 1. The maximum absolute atomic E-state index is 12.0. The summed E-state index contributed by atoms with van der Waals surface area (Å²) in [4.78, 5) is 25.9. The Morgan fingerprint density at radius 2 is 2.05 bits per heavy atom. The SMILES string of the molecule is C[C@@H]1CN([C@H](C)CNC(=O)Cn2ccccc2=O)C[C@@H](C)O1. The molecule has 0 unspecified atom stereocenters. The van der Waals surface area contributed by atoms with E-state index in [-0.39, 0.29) is 36.3 Å². The quantitative estimate of drug-likeness (QED) is 0.858. The van der Waals surface area contributed by atoms with Gasteiger partial charge in [0.1, 0.15) is 6.54 Å². The highest BCUT2D eigenvalue weighted by atomic mass is 16.5. The Morgan fingerprint density at radius 3 is 2.68 bits per heavy atom. The van der Waals surface area contributed by atoms with Crippen LogP contribution in [0.4, 0.5) is 0 Å². The summed E-state index contributed by atoms with van der Waals surface area (Å²) in [5, 5.41) is 2.90. The molecule has 1 aromatic heterocycles. The molecular formula is C16H25N3O3. The van der Waals surface area contributed by atoms with Crippen molar-refractivity contribution in [2.24, 2.45) is 0 Å². The zero-order valence-corrected chi connectivity index (χ0v) is 13.5. The van der Waals surface area contributed by atoms with Gasteiger partial charge in [-0.3, -0.25) is 14.5 Å². The first-order chi connectivity index (χ1) is 10.5. The number of carbonyl (C=O) groups excluding carboxylic acids is 1. The summed E-state index contributed by atoms with van der Waals surface area (Å²) < 4.78 is 7.12. The Bertz CT molecular complexity index is 548. The van der Waals surface area contributed by atoms with E-state index in [0.29, 0.717) is 6.54 Å². The minimum atomic E-state index is -0.165. The van der Waals surface area contributed by atoms with Crippen molar-refractivity contribution < 1.29 is 9.53 Å². The van der Waals surface area contributed by atoms with Crippen molar-refractivity contribution in [1.82, 2.24) is 14.8 Å². The third kappa shape index (κ3) is 4.68. The molecule has 22 heavy (non-hydrogen) atoms. The van der Waals surface area contributed by atoms with Crippen LogP contribution in [0.2, 0.25) is 0 Å². The molecule has 6 heteroatoms. The summed E-state index contributed by atoms with van der Waals surface area (Å²) in [7, 11) is 0. The summed E-state index contributed by atoms with van der Waals surface area (Å²) in [5.41, 5.74) is -0.165. The molecule has 0 aromatic carbocycles. The van der Waals surface area contributed by atoms with Gasteiger partial charge in [0.15, 0.2) is 0 Å². The first kappa shape index (κ1) is 16.7. The summed E-state index contributed by atoms with van der Waals surface area (Å²) in [6.07, 6.45) is 2.05. The lowest BCUT2D eigenvalue weighted by Gasteiger charge is -2.39. The zero-order chi connectivity index (χ0) is 16.1. The highest BCUT2D eigenvalue weighted by Crippen LogP contribution is 2.13. The lowest BCUT2D eigenvalue weighted by molar-refractivity contribution is -0.122. The number of morpholine rings is 1. The molecule has 6 nitrogen and oxygen atoms in total. The van der Waals surface area contributed by atoms with Crippen molar-refractivity contribution in [3.05, 3.63) is 34.7 Å². The Hall–Kier alpha value is -1.66. The molecule has 1 aliphatic rings. The van der Waals surface area contributed by atoms with Gasteiger partial charge in [0.25, 0.3) is 5.56 Å². The number of rotatable bonds is 5. The molecule has 2 heterocycles. The molecule has 1 fully saturated rings. The average molecular weight is 307 g/mol. The molecule has 1 amide bonds. The number of hydrogen-bond acceptors (Lipinski definition) is 4. The molecule has 0 radical (unpaired) electrons. The van der Waals surface area contributed by atoms with Gasteiger partial charge < -0.3 is 14.6 Å². The van der Waals surface area contributed by atoms with Crippen LogP contribution in [0, 0.1) is 0 Å². The second-order valence-electron chi connectivity index (χ2n) is 6.03. The Morgan fingerprint density at radius 1 is 1.36 bits per heavy atom. The first-order valence-corrected chi connectivity index (χ1v) is 7.77. The Labute approximate surface area is 131 Å². The summed E-state index contributed by atoms with van der Waals surface area (Å²) in [5.74, 6) is -0.144. The van der Waals surface area contributed by atoms with Crippen molar-refractivity contribution in [2.45, 2.75) is 45.6 Å². The highest BCUT2D eigenvalue weighted by molar-refractivity contribution is 5.75. The van der Waals surface area contributed by atoms with Gasteiger partial charge in [-0.25, -0.2) is 0 Å².